The van der Waals surface area contributed by atoms with Gasteiger partial charge < -0.3 is 5.32 Å². The molecule has 29 heavy (non-hydrogen) atoms. The molecule has 2 aromatic heterocycles. The zero-order chi connectivity index (χ0) is 20.5. The molecule has 0 saturated carbocycles. The van der Waals surface area contributed by atoms with Gasteiger partial charge in [-0.3, -0.25) is 9.59 Å². The summed E-state index contributed by atoms with van der Waals surface area (Å²) in [4.78, 5) is 29.5. The van der Waals surface area contributed by atoms with E-state index in [1.165, 1.54) is 21.6 Å². The Morgan fingerprint density at radius 1 is 1.14 bits per heavy atom. The molecule has 0 unspecified atom stereocenters. The van der Waals surface area contributed by atoms with Crippen molar-refractivity contribution in [1.29, 1.82) is 0 Å². The molecule has 0 radical (unpaired) electrons. The monoisotopic (exact) mass is 404 g/mol. The van der Waals surface area contributed by atoms with Crippen LogP contribution in [0.2, 0.25) is 0 Å². The van der Waals surface area contributed by atoms with Crippen LogP contribution in [0, 0.1) is 20.8 Å². The lowest BCUT2D eigenvalue weighted by Gasteiger charge is -2.09. The van der Waals surface area contributed by atoms with Crippen molar-refractivity contribution in [2.45, 2.75) is 27.3 Å². The van der Waals surface area contributed by atoms with Gasteiger partial charge >= 0.3 is 0 Å². The quantitative estimate of drug-likeness (QED) is 0.556. The molecule has 146 valence electrons. The normalized spacial score (nSPS) is 11.0. The molecule has 0 atom stereocenters. The summed E-state index contributed by atoms with van der Waals surface area (Å²) >= 11 is 1.36. The molecule has 0 aliphatic rings. The van der Waals surface area contributed by atoms with Crippen LogP contribution in [0.4, 0.5) is 5.13 Å². The maximum Gasteiger partial charge on any atom is 0.275 e. The van der Waals surface area contributed by atoms with Gasteiger partial charge in [0.1, 0.15) is 6.54 Å². The van der Waals surface area contributed by atoms with Gasteiger partial charge in [0.05, 0.1) is 17.3 Å². The molecule has 4 aromatic rings. The van der Waals surface area contributed by atoms with Crippen molar-refractivity contribution >= 4 is 33.1 Å². The van der Waals surface area contributed by atoms with Crippen molar-refractivity contribution in [3.63, 3.8) is 0 Å². The fraction of sp³-hybridized carbons (Fsp3) is 0.182. The van der Waals surface area contributed by atoms with E-state index >= 15 is 0 Å². The molecule has 0 aliphatic carbocycles. The maximum absolute atomic E-state index is 12.5. The molecule has 2 aromatic carbocycles. The van der Waals surface area contributed by atoms with Crippen molar-refractivity contribution in [3.8, 4) is 11.3 Å². The van der Waals surface area contributed by atoms with Crippen LogP contribution in [0.15, 0.2) is 52.8 Å². The highest BCUT2D eigenvalue weighted by Crippen LogP contribution is 2.31. The predicted molar refractivity (Wildman–Crippen MR) is 116 cm³/mol. The van der Waals surface area contributed by atoms with Crippen LogP contribution in [-0.4, -0.2) is 20.7 Å². The number of thiazole rings is 1. The van der Waals surface area contributed by atoms with Gasteiger partial charge in [-0.15, -0.1) is 11.3 Å². The Balaban J connectivity index is 1.53. The van der Waals surface area contributed by atoms with Gasteiger partial charge in [0.15, 0.2) is 5.13 Å². The van der Waals surface area contributed by atoms with E-state index < -0.39 is 0 Å². The van der Waals surface area contributed by atoms with Gasteiger partial charge in [-0.2, -0.15) is 5.10 Å². The first kappa shape index (κ1) is 19.0. The highest BCUT2D eigenvalue weighted by molar-refractivity contribution is 7.14. The highest BCUT2D eigenvalue weighted by atomic mass is 32.1. The molecule has 4 rings (SSSR count). The van der Waals surface area contributed by atoms with Crippen LogP contribution in [0.25, 0.3) is 22.0 Å². The second-order valence-corrected chi connectivity index (χ2v) is 7.91. The number of nitrogens with one attached hydrogen (secondary N) is 1. The second-order valence-electron chi connectivity index (χ2n) is 7.05. The Bertz CT molecular complexity index is 1270. The maximum atomic E-state index is 12.5. The first-order valence-electron chi connectivity index (χ1n) is 9.21. The number of anilines is 1. The molecular weight excluding hydrogens is 384 g/mol. The van der Waals surface area contributed by atoms with Crippen molar-refractivity contribution < 1.29 is 4.79 Å². The SMILES string of the molecule is Cc1cc(C)c(-c2csc(NC(=O)Cn3ncc4ccccc4c3=O)n2)c(C)c1. The minimum Gasteiger partial charge on any atom is -0.300 e. The van der Waals surface area contributed by atoms with Gasteiger partial charge in [-0.1, -0.05) is 35.9 Å². The average molecular weight is 404 g/mol. The first-order chi connectivity index (χ1) is 13.9. The zero-order valence-electron chi connectivity index (χ0n) is 16.4. The molecule has 1 N–H and O–H groups in total. The largest absolute Gasteiger partial charge is 0.300 e. The second kappa shape index (κ2) is 7.60. The zero-order valence-corrected chi connectivity index (χ0v) is 17.2. The Morgan fingerprint density at radius 3 is 2.62 bits per heavy atom. The van der Waals surface area contributed by atoms with Gasteiger partial charge in [0.2, 0.25) is 5.91 Å². The van der Waals surface area contributed by atoms with Crippen molar-refractivity contribution in [2.75, 3.05) is 5.32 Å². The van der Waals surface area contributed by atoms with Gasteiger partial charge in [-0.25, -0.2) is 9.67 Å². The first-order valence-corrected chi connectivity index (χ1v) is 10.1. The molecule has 0 aliphatic heterocycles. The summed E-state index contributed by atoms with van der Waals surface area (Å²) in [6.07, 6.45) is 1.59. The summed E-state index contributed by atoms with van der Waals surface area (Å²) in [5.74, 6) is -0.340. The number of aryl methyl sites for hydroxylation is 3. The molecule has 0 bridgehead atoms. The van der Waals surface area contributed by atoms with Crippen LogP contribution in [-0.2, 0) is 11.3 Å². The summed E-state index contributed by atoms with van der Waals surface area (Å²) in [6.45, 7) is 6.02. The molecule has 0 fully saturated rings. The third kappa shape index (κ3) is 3.82. The number of hydrogen-bond donors (Lipinski definition) is 1. The van der Waals surface area contributed by atoms with E-state index in [-0.39, 0.29) is 18.0 Å². The van der Waals surface area contributed by atoms with E-state index in [0.717, 1.165) is 27.8 Å². The van der Waals surface area contributed by atoms with E-state index in [1.807, 2.05) is 17.5 Å². The molecular formula is C22H20N4O2S. The number of rotatable bonds is 4. The van der Waals surface area contributed by atoms with Gasteiger partial charge in [0.25, 0.3) is 5.56 Å². The summed E-state index contributed by atoms with van der Waals surface area (Å²) < 4.78 is 1.17. The smallest absolute Gasteiger partial charge is 0.275 e. The molecule has 7 heteroatoms. The number of carbonyl (C=O) groups excluding carboxylic acids is 1. The van der Waals surface area contributed by atoms with E-state index in [9.17, 15) is 9.59 Å². The van der Waals surface area contributed by atoms with Gasteiger partial charge in [0, 0.05) is 16.3 Å². The Morgan fingerprint density at radius 2 is 1.86 bits per heavy atom. The standard InChI is InChI=1S/C22H20N4O2S/c1-13-8-14(2)20(15(3)9-13)18-12-29-22(24-18)25-19(27)11-26-21(28)17-7-5-4-6-16(17)10-23-26/h4-10,12H,11H2,1-3H3,(H,24,25,27). The fourth-order valence-corrected chi connectivity index (χ4v) is 4.28. The van der Waals surface area contributed by atoms with E-state index in [4.69, 9.17) is 0 Å². The molecule has 6 nitrogen and oxygen atoms in total. The number of amides is 1. The average Bonchev–Trinajstić information content (AvgIpc) is 3.11. The summed E-state index contributed by atoms with van der Waals surface area (Å²) in [6, 6.07) is 11.4. The number of aromatic nitrogens is 3. The Hall–Kier alpha value is -3.32. The number of benzene rings is 2. The lowest BCUT2D eigenvalue weighted by atomic mass is 9.98. The van der Waals surface area contributed by atoms with Crippen LogP contribution in [0.1, 0.15) is 16.7 Å². The van der Waals surface area contributed by atoms with Gasteiger partial charge in [-0.05, 0) is 38.0 Å². The minimum atomic E-state index is -0.340. The van der Waals surface area contributed by atoms with E-state index in [1.54, 1.807) is 18.3 Å². The lowest BCUT2D eigenvalue weighted by molar-refractivity contribution is -0.117. The number of nitrogens with zero attached hydrogens (tertiary/aromatic N) is 3. The van der Waals surface area contributed by atoms with Crippen molar-refractivity contribution in [2.24, 2.45) is 0 Å². The number of fused-ring (bicyclic) bond motifs is 1. The van der Waals surface area contributed by atoms with Crippen LogP contribution in [0.3, 0.4) is 0 Å². The summed E-state index contributed by atoms with van der Waals surface area (Å²) in [5.41, 5.74) is 5.14. The molecule has 0 saturated heterocycles. The number of carbonyl (C=O) groups is 1. The van der Waals surface area contributed by atoms with Crippen molar-refractivity contribution in [1.82, 2.24) is 14.8 Å². The highest BCUT2D eigenvalue weighted by Gasteiger charge is 2.14. The third-order valence-electron chi connectivity index (χ3n) is 4.74. The van der Waals surface area contributed by atoms with E-state index in [0.29, 0.717) is 10.5 Å². The summed E-state index contributed by atoms with van der Waals surface area (Å²) in [5, 5.41) is 10.6. The van der Waals surface area contributed by atoms with Crippen LogP contribution in [0.5, 0.6) is 0 Å². The van der Waals surface area contributed by atoms with Crippen LogP contribution >= 0.6 is 11.3 Å². The Kier molecular flexibility index (Phi) is 4.98. The predicted octanol–water partition coefficient (Wildman–Crippen LogP) is 4.08. The van der Waals surface area contributed by atoms with Crippen molar-refractivity contribution in [3.05, 3.63) is 75.0 Å². The topological polar surface area (TPSA) is 76.9 Å². The fourth-order valence-electron chi connectivity index (χ4n) is 3.57. The molecule has 1 amide bonds. The number of hydrogen-bond acceptors (Lipinski definition) is 5. The molecule has 0 spiro atoms. The van der Waals surface area contributed by atoms with E-state index in [2.05, 4.69) is 48.3 Å². The Labute approximate surface area is 171 Å². The minimum absolute atomic E-state index is 0.166. The molecule has 2 heterocycles. The lowest BCUT2D eigenvalue weighted by Crippen LogP contribution is -2.29. The summed E-state index contributed by atoms with van der Waals surface area (Å²) in [7, 11) is 0. The van der Waals surface area contributed by atoms with Crippen LogP contribution < -0.4 is 10.9 Å². The third-order valence-corrected chi connectivity index (χ3v) is 5.50.